The van der Waals surface area contributed by atoms with Gasteiger partial charge >= 0.3 is 0 Å². The Hall–Kier alpha value is -2.63. The molecule has 0 saturated carbocycles. The average molecular weight is 354 g/mol. The lowest BCUT2D eigenvalue weighted by Crippen LogP contribution is -2.41. The van der Waals surface area contributed by atoms with Crippen LogP contribution in [-0.2, 0) is 11.2 Å². The Labute approximate surface area is 154 Å². The molecule has 1 amide bonds. The molecule has 1 aliphatic heterocycles. The van der Waals surface area contributed by atoms with Gasteiger partial charge in [0.2, 0.25) is 5.91 Å². The van der Waals surface area contributed by atoms with Crippen molar-refractivity contribution in [2.45, 2.75) is 26.2 Å². The lowest BCUT2D eigenvalue weighted by molar-refractivity contribution is -0.125. The number of piperidine rings is 1. The van der Waals surface area contributed by atoms with Gasteiger partial charge in [-0.1, -0.05) is 12.1 Å². The Bertz CT molecular complexity index is 708. The Kier molecular flexibility index (Phi) is 6.04. The van der Waals surface area contributed by atoms with E-state index in [-0.39, 0.29) is 11.8 Å². The first-order valence-electron chi connectivity index (χ1n) is 9.11. The van der Waals surface area contributed by atoms with Crippen LogP contribution in [0.1, 0.15) is 24.1 Å². The predicted molar refractivity (Wildman–Crippen MR) is 101 cm³/mol. The molecular formula is C20H26N4O2. The minimum absolute atomic E-state index is 0.0838. The molecule has 3 rings (SSSR count). The average Bonchev–Trinajstić information content (AvgIpc) is 2.69. The standard InChI is InChI=1S/C20H26N4O2/c1-15-3-8-19(23-22-15)24-13-10-17(11-14-24)20(25)21-12-9-16-4-6-18(26-2)7-5-16/h3-8,17H,9-14H2,1-2H3,(H,21,25). The van der Waals surface area contributed by atoms with Gasteiger partial charge in [0.05, 0.1) is 12.8 Å². The first-order chi connectivity index (χ1) is 12.7. The van der Waals surface area contributed by atoms with Crippen molar-refractivity contribution in [2.24, 2.45) is 5.92 Å². The van der Waals surface area contributed by atoms with Gasteiger partial charge < -0.3 is 15.0 Å². The molecule has 0 bridgehead atoms. The highest BCUT2D eigenvalue weighted by atomic mass is 16.5. The first-order valence-corrected chi connectivity index (χ1v) is 9.11. The second-order valence-corrected chi connectivity index (χ2v) is 6.68. The van der Waals surface area contributed by atoms with Gasteiger partial charge in [0.1, 0.15) is 5.75 Å². The van der Waals surface area contributed by atoms with Crippen LogP contribution in [-0.4, -0.2) is 42.8 Å². The second kappa shape index (κ2) is 8.65. The third-order valence-corrected chi connectivity index (χ3v) is 4.85. The third kappa shape index (κ3) is 4.71. The van der Waals surface area contributed by atoms with Crippen LogP contribution in [0.2, 0.25) is 0 Å². The zero-order valence-electron chi connectivity index (χ0n) is 15.4. The highest BCUT2D eigenvalue weighted by Crippen LogP contribution is 2.21. The van der Waals surface area contributed by atoms with E-state index in [1.54, 1.807) is 7.11 Å². The van der Waals surface area contributed by atoms with Crippen molar-refractivity contribution in [3.63, 3.8) is 0 Å². The van der Waals surface area contributed by atoms with Crippen LogP contribution in [0.4, 0.5) is 5.82 Å². The van der Waals surface area contributed by atoms with E-state index < -0.39 is 0 Å². The monoisotopic (exact) mass is 354 g/mol. The molecule has 1 N–H and O–H groups in total. The van der Waals surface area contributed by atoms with Crippen molar-refractivity contribution < 1.29 is 9.53 Å². The van der Waals surface area contributed by atoms with Crippen LogP contribution >= 0.6 is 0 Å². The van der Waals surface area contributed by atoms with Crippen molar-refractivity contribution in [1.29, 1.82) is 0 Å². The molecule has 1 saturated heterocycles. The number of carbonyl (C=O) groups excluding carboxylic acids is 1. The van der Waals surface area contributed by atoms with Gasteiger partial charge in [-0.2, -0.15) is 5.10 Å². The van der Waals surface area contributed by atoms with Gasteiger partial charge in [-0.3, -0.25) is 4.79 Å². The molecule has 0 radical (unpaired) electrons. The summed E-state index contributed by atoms with van der Waals surface area (Å²) in [5.74, 6) is 1.99. The summed E-state index contributed by atoms with van der Waals surface area (Å²) in [6.07, 6.45) is 2.53. The van der Waals surface area contributed by atoms with Gasteiger partial charge in [-0.15, -0.1) is 5.10 Å². The van der Waals surface area contributed by atoms with Crippen molar-refractivity contribution >= 4 is 11.7 Å². The van der Waals surface area contributed by atoms with Crippen molar-refractivity contribution in [2.75, 3.05) is 31.6 Å². The second-order valence-electron chi connectivity index (χ2n) is 6.68. The minimum Gasteiger partial charge on any atom is -0.497 e. The van der Waals surface area contributed by atoms with Gasteiger partial charge in [0, 0.05) is 25.6 Å². The van der Waals surface area contributed by atoms with E-state index in [4.69, 9.17) is 4.74 Å². The number of anilines is 1. The van der Waals surface area contributed by atoms with Crippen molar-refractivity contribution in [3.8, 4) is 5.75 Å². The van der Waals surface area contributed by atoms with Crippen LogP contribution in [0.5, 0.6) is 5.75 Å². The van der Waals surface area contributed by atoms with E-state index in [9.17, 15) is 4.79 Å². The van der Waals surface area contributed by atoms with E-state index in [1.807, 2.05) is 43.3 Å². The normalized spacial score (nSPS) is 14.9. The Balaban J connectivity index is 1.41. The van der Waals surface area contributed by atoms with E-state index in [0.29, 0.717) is 6.54 Å². The molecule has 1 aromatic heterocycles. The molecule has 0 unspecified atom stereocenters. The number of aromatic nitrogens is 2. The maximum atomic E-state index is 12.4. The SMILES string of the molecule is COc1ccc(CCNC(=O)C2CCN(c3ccc(C)nn3)CC2)cc1. The highest BCUT2D eigenvalue weighted by molar-refractivity contribution is 5.79. The molecule has 1 aliphatic rings. The van der Waals surface area contributed by atoms with E-state index in [1.165, 1.54) is 5.56 Å². The summed E-state index contributed by atoms with van der Waals surface area (Å²) in [5.41, 5.74) is 2.11. The summed E-state index contributed by atoms with van der Waals surface area (Å²) < 4.78 is 5.16. The number of benzene rings is 1. The highest BCUT2D eigenvalue weighted by Gasteiger charge is 2.25. The number of ether oxygens (including phenoxy) is 1. The molecule has 26 heavy (non-hydrogen) atoms. The molecule has 6 heteroatoms. The van der Waals surface area contributed by atoms with E-state index in [2.05, 4.69) is 20.4 Å². The molecule has 6 nitrogen and oxygen atoms in total. The predicted octanol–water partition coefficient (Wildman–Crippen LogP) is 2.37. The molecule has 2 aromatic rings. The molecule has 138 valence electrons. The lowest BCUT2D eigenvalue weighted by Gasteiger charge is -2.31. The van der Waals surface area contributed by atoms with Crippen LogP contribution in [0, 0.1) is 12.8 Å². The zero-order valence-corrected chi connectivity index (χ0v) is 15.4. The summed E-state index contributed by atoms with van der Waals surface area (Å²) in [5, 5.41) is 11.4. The van der Waals surface area contributed by atoms with Crippen LogP contribution < -0.4 is 15.0 Å². The Morgan fingerprint density at radius 2 is 1.88 bits per heavy atom. The molecule has 0 spiro atoms. The van der Waals surface area contributed by atoms with Gasteiger partial charge in [0.15, 0.2) is 5.82 Å². The van der Waals surface area contributed by atoms with Gasteiger partial charge in [-0.05, 0) is 56.0 Å². The number of nitrogens with one attached hydrogen (secondary N) is 1. The number of carbonyl (C=O) groups is 1. The molecule has 1 aromatic carbocycles. The fourth-order valence-electron chi connectivity index (χ4n) is 3.20. The number of rotatable bonds is 6. The fraction of sp³-hybridized carbons (Fsp3) is 0.450. The van der Waals surface area contributed by atoms with E-state index >= 15 is 0 Å². The number of hydrogen-bond donors (Lipinski definition) is 1. The Morgan fingerprint density at radius 3 is 2.50 bits per heavy atom. The van der Waals surface area contributed by atoms with Crippen LogP contribution in [0.3, 0.4) is 0 Å². The zero-order chi connectivity index (χ0) is 18.4. The summed E-state index contributed by atoms with van der Waals surface area (Å²) in [6.45, 7) is 4.27. The maximum Gasteiger partial charge on any atom is 0.223 e. The summed E-state index contributed by atoms with van der Waals surface area (Å²) in [7, 11) is 1.66. The molecule has 1 fully saturated rings. The molecule has 0 aliphatic carbocycles. The largest absolute Gasteiger partial charge is 0.497 e. The first kappa shape index (κ1) is 18.2. The molecule has 0 atom stereocenters. The van der Waals surface area contributed by atoms with Gasteiger partial charge in [-0.25, -0.2) is 0 Å². The number of methoxy groups -OCH3 is 1. The van der Waals surface area contributed by atoms with Gasteiger partial charge in [0.25, 0.3) is 0 Å². The van der Waals surface area contributed by atoms with Crippen LogP contribution in [0.15, 0.2) is 36.4 Å². The fourth-order valence-corrected chi connectivity index (χ4v) is 3.20. The lowest BCUT2D eigenvalue weighted by atomic mass is 9.96. The summed E-state index contributed by atoms with van der Waals surface area (Å²) >= 11 is 0. The maximum absolute atomic E-state index is 12.4. The number of nitrogens with zero attached hydrogens (tertiary/aromatic N) is 3. The topological polar surface area (TPSA) is 67.3 Å². The summed E-state index contributed by atoms with van der Waals surface area (Å²) in [6, 6.07) is 11.9. The smallest absolute Gasteiger partial charge is 0.223 e. The molecular weight excluding hydrogens is 328 g/mol. The summed E-state index contributed by atoms with van der Waals surface area (Å²) in [4.78, 5) is 14.6. The van der Waals surface area contributed by atoms with Crippen molar-refractivity contribution in [3.05, 3.63) is 47.7 Å². The minimum atomic E-state index is 0.0838. The quantitative estimate of drug-likeness (QED) is 0.863. The number of hydrogen-bond acceptors (Lipinski definition) is 5. The van der Waals surface area contributed by atoms with Crippen molar-refractivity contribution in [1.82, 2.24) is 15.5 Å². The number of aryl methyl sites for hydroxylation is 1. The third-order valence-electron chi connectivity index (χ3n) is 4.85. The van der Waals surface area contributed by atoms with Crippen LogP contribution in [0.25, 0.3) is 0 Å². The molecule has 2 heterocycles. The Morgan fingerprint density at radius 1 is 1.15 bits per heavy atom. The number of amides is 1. The van der Waals surface area contributed by atoms with E-state index in [0.717, 1.165) is 49.6 Å².